The standard InChI is InChI=1S/C15H19ClN2O2S/c16-8-10-9-21-13(17-10)6-1-2-7-18-14(19)11-4-3-5-12(11)15(18)20/h9,11-12H,1-8H2. The van der Waals surface area contributed by atoms with Crippen molar-refractivity contribution in [2.75, 3.05) is 6.54 Å². The summed E-state index contributed by atoms with van der Waals surface area (Å²) in [4.78, 5) is 30.3. The van der Waals surface area contributed by atoms with Gasteiger partial charge < -0.3 is 0 Å². The van der Waals surface area contributed by atoms with E-state index in [1.54, 1.807) is 11.3 Å². The fourth-order valence-corrected chi connectivity index (χ4v) is 4.42. The number of amides is 2. The molecular formula is C15H19ClN2O2S. The van der Waals surface area contributed by atoms with Gasteiger partial charge >= 0.3 is 0 Å². The van der Waals surface area contributed by atoms with Crippen LogP contribution in [0.4, 0.5) is 0 Å². The molecular weight excluding hydrogens is 308 g/mol. The van der Waals surface area contributed by atoms with Gasteiger partial charge in [0.15, 0.2) is 0 Å². The molecule has 114 valence electrons. The summed E-state index contributed by atoms with van der Waals surface area (Å²) >= 11 is 7.36. The van der Waals surface area contributed by atoms with Gasteiger partial charge in [0.05, 0.1) is 28.4 Å². The number of aromatic nitrogens is 1. The van der Waals surface area contributed by atoms with Crippen molar-refractivity contribution in [2.24, 2.45) is 11.8 Å². The number of hydrogen-bond acceptors (Lipinski definition) is 4. The van der Waals surface area contributed by atoms with Gasteiger partial charge in [0.2, 0.25) is 11.8 Å². The summed E-state index contributed by atoms with van der Waals surface area (Å²) in [5, 5.41) is 3.07. The minimum Gasteiger partial charge on any atom is -0.282 e. The summed E-state index contributed by atoms with van der Waals surface area (Å²) in [5.41, 5.74) is 0.925. The van der Waals surface area contributed by atoms with Crippen LogP contribution in [0.25, 0.3) is 0 Å². The Labute approximate surface area is 133 Å². The van der Waals surface area contributed by atoms with Crippen molar-refractivity contribution >= 4 is 34.8 Å². The van der Waals surface area contributed by atoms with E-state index in [-0.39, 0.29) is 23.7 Å². The van der Waals surface area contributed by atoms with Crippen LogP contribution < -0.4 is 0 Å². The van der Waals surface area contributed by atoms with Crippen LogP contribution in [0.2, 0.25) is 0 Å². The van der Waals surface area contributed by atoms with Crippen molar-refractivity contribution in [1.29, 1.82) is 0 Å². The number of halogens is 1. The third-order valence-electron chi connectivity index (χ3n) is 4.44. The fourth-order valence-electron chi connectivity index (χ4n) is 3.35. The molecule has 1 saturated heterocycles. The van der Waals surface area contributed by atoms with E-state index in [9.17, 15) is 9.59 Å². The molecule has 0 bridgehead atoms. The van der Waals surface area contributed by atoms with Crippen molar-refractivity contribution in [1.82, 2.24) is 9.88 Å². The fraction of sp³-hybridized carbons (Fsp3) is 0.667. The molecule has 1 aliphatic carbocycles. The molecule has 1 aromatic heterocycles. The van der Waals surface area contributed by atoms with Crippen LogP contribution in [-0.2, 0) is 21.9 Å². The van der Waals surface area contributed by atoms with Crippen molar-refractivity contribution in [3.63, 3.8) is 0 Å². The number of imide groups is 1. The molecule has 2 fully saturated rings. The van der Waals surface area contributed by atoms with Crippen molar-refractivity contribution in [2.45, 2.75) is 44.4 Å². The van der Waals surface area contributed by atoms with Gasteiger partial charge in [-0.25, -0.2) is 4.98 Å². The van der Waals surface area contributed by atoms with E-state index in [0.717, 1.165) is 49.2 Å². The maximum atomic E-state index is 12.2. The first-order valence-electron chi connectivity index (χ1n) is 7.55. The lowest BCUT2D eigenvalue weighted by Crippen LogP contribution is -2.32. The molecule has 2 amide bonds. The first-order valence-corrected chi connectivity index (χ1v) is 8.96. The highest BCUT2D eigenvalue weighted by molar-refractivity contribution is 7.09. The number of thiazole rings is 1. The maximum absolute atomic E-state index is 12.2. The van der Waals surface area contributed by atoms with Gasteiger partial charge in [-0.2, -0.15) is 0 Å². The number of carbonyl (C=O) groups excluding carboxylic acids is 2. The van der Waals surface area contributed by atoms with E-state index in [0.29, 0.717) is 12.4 Å². The second-order valence-corrected chi connectivity index (χ2v) is 7.01. The monoisotopic (exact) mass is 326 g/mol. The number of alkyl halides is 1. The number of nitrogens with zero attached hydrogens (tertiary/aromatic N) is 2. The smallest absolute Gasteiger partial charge is 0.233 e. The van der Waals surface area contributed by atoms with Gasteiger partial charge in [0.25, 0.3) is 0 Å². The van der Waals surface area contributed by atoms with Crippen LogP contribution in [-0.4, -0.2) is 28.2 Å². The van der Waals surface area contributed by atoms with E-state index in [1.165, 1.54) is 4.90 Å². The summed E-state index contributed by atoms with van der Waals surface area (Å²) in [7, 11) is 0. The molecule has 2 heterocycles. The summed E-state index contributed by atoms with van der Waals surface area (Å²) in [6.07, 6.45) is 5.50. The van der Waals surface area contributed by atoms with E-state index < -0.39 is 0 Å². The van der Waals surface area contributed by atoms with Gasteiger partial charge in [0.1, 0.15) is 0 Å². The maximum Gasteiger partial charge on any atom is 0.233 e. The third-order valence-corrected chi connectivity index (χ3v) is 5.67. The average Bonchev–Trinajstić information content (AvgIpc) is 3.18. The van der Waals surface area contributed by atoms with E-state index in [4.69, 9.17) is 11.6 Å². The van der Waals surface area contributed by atoms with Gasteiger partial charge in [-0.1, -0.05) is 6.42 Å². The lowest BCUT2D eigenvalue weighted by atomic mass is 10.00. The van der Waals surface area contributed by atoms with Crippen molar-refractivity contribution in [3.05, 3.63) is 16.1 Å². The number of rotatable bonds is 6. The molecule has 3 rings (SSSR count). The summed E-state index contributed by atoms with van der Waals surface area (Å²) in [5.74, 6) is 0.573. The number of likely N-dealkylation sites (tertiary alicyclic amines) is 1. The van der Waals surface area contributed by atoms with Crippen LogP contribution >= 0.6 is 22.9 Å². The zero-order valence-electron chi connectivity index (χ0n) is 11.9. The molecule has 0 aromatic carbocycles. The molecule has 0 radical (unpaired) electrons. The van der Waals surface area contributed by atoms with E-state index in [1.807, 2.05) is 5.38 Å². The number of fused-ring (bicyclic) bond motifs is 1. The summed E-state index contributed by atoms with van der Waals surface area (Å²) in [6.45, 7) is 0.568. The van der Waals surface area contributed by atoms with Crippen molar-refractivity contribution in [3.8, 4) is 0 Å². The third kappa shape index (κ3) is 2.99. The largest absolute Gasteiger partial charge is 0.282 e. The van der Waals surface area contributed by atoms with E-state index in [2.05, 4.69) is 4.98 Å². The Kier molecular flexibility index (Phi) is 4.60. The normalized spacial score (nSPS) is 24.9. The Hall–Kier alpha value is -0.940. The molecule has 1 aliphatic heterocycles. The van der Waals surface area contributed by atoms with Crippen molar-refractivity contribution < 1.29 is 9.59 Å². The highest BCUT2D eigenvalue weighted by atomic mass is 35.5. The summed E-state index contributed by atoms with van der Waals surface area (Å²) in [6, 6.07) is 0. The van der Waals surface area contributed by atoms with E-state index >= 15 is 0 Å². The van der Waals surface area contributed by atoms with Crippen LogP contribution in [0.3, 0.4) is 0 Å². The molecule has 4 nitrogen and oxygen atoms in total. The number of hydrogen-bond donors (Lipinski definition) is 0. The molecule has 0 spiro atoms. The second-order valence-electron chi connectivity index (χ2n) is 5.80. The highest BCUT2D eigenvalue weighted by Crippen LogP contribution is 2.39. The Balaban J connectivity index is 1.45. The molecule has 0 N–H and O–H groups in total. The molecule has 21 heavy (non-hydrogen) atoms. The summed E-state index contributed by atoms with van der Waals surface area (Å²) < 4.78 is 0. The minimum absolute atomic E-state index is 0.0114. The van der Waals surface area contributed by atoms with Gasteiger partial charge in [0, 0.05) is 11.9 Å². The van der Waals surface area contributed by atoms with Crippen LogP contribution in [0.5, 0.6) is 0 Å². The Morgan fingerprint density at radius 3 is 2.57 bits per heavy atom. The lowest BCUT2D eigenvalue weighted by molar-refractivity contribution is -0.140. The molecule has 1 aromatic rings. The SMILES string of the molecule is O=C1C2CCCC2C(=O)N1CCCCc1nc(CCl)cs1. The van der Waals surface area contributed by atoms with Crippen LogP contribution in [0.15, 0.2) is 5.38 Å². The zero-order chi connectivity index (χ0) is 14.8. The first-order chi connectivity index (χ1) is 10.2. The van der Waals surface area contributed by atoms with Gasteiger partial charge in [-0.15, -0.1) is 22.9 Å². The Bertz CT molecular complexity index is 524. The molecule has 1 saturated carbocycles. The molecule has 2 atom stereocenters. The molecule has 2 unspecified atom stereocenters. The number of unbranched alkanes of at least 4 members (excludes halogenated alkanes) is 1. The predicted molar refractivity (Wildman–Crippen MR) is 82.2 cm³/mol. The van der Waals surface area contributed by atoms with Gasteiger partial charge in [-0.05, 0) is 32.1 Å². The number of carbonyl (C=O) groups is 2. The predicted octanol–water partition coefficient (Wildman–Crippen LogP) is 2.99. The van der Waals surface area contributed by atoms with Crippen LogP contribution in [0.1, 0.15) is 42.8 Å². The topological polar surface area (TPSA) is 50.3 Å². The Morgan fingerprint density at radius 2 is 1.95 bits per heavy atom. The Morgan fingerprint density at radius 1 is 1.24 bits per heavy atom. The average molecular weight is 327 g/mol. The quantitative estimate of drug-likeness (QED) is 0.459. The van der Waals surface area contributed by atoms with Gasteiger partial charge in [-0.3, -0.25) is 14.5 Å². The molecule has 2 aliphatic rings. The first kappa shape index (κ1) is 15.0. The number of aryl methyl sites for hydroxylation is 1. The van der Waals surface area contributed by atoms with Crippen LogP contribution in [0, 0.1) is 11.8 Å². The highest BCUT2D eigenvalue weighted by Gasteiger charge is 2.49. The molecule has 6 heteroatoms. The zero-order valence-corrected chi connectivity index (χ0v) is 13.5. The minimum atomic E-state index is -0.0114. The lowest BCUT2D eigenvalue weighted by Gasteiger charge is -2.15. The second kappa shape index (κ2) is 6.44.